The zero-order valence-electron chi connectivity index (χ0n) is 27.4. The molecule has 0 spiro atoms. The highest BCUT2D eigenvalue weighted by Crippen LogP contribution is 2.29. The molecule has 4 rings (SSSR count). The van der Waals surface area contributed by atoms with Gasteiger partial charge in [0.15, 0.2) is 0 Å². The van der Waals surface area contributed by atoms with E-state index < -0.39 is 28.5 Å². The summed E-state index contributed by atoms with van der Waals surface area (Å²) in [5, 5.41) is 2.95. The maximum Gasteiger partial charge on any atom is 0.264 e. The Kier molecular flexibility index (Phi) is 12.4. The molecule has 47 heavy (non-hydrogen) atoms. The van der Waals surface area contributed by atoms with Gasteiger partial charge < -0.3 is 19.7 Å². The largest absolute Gasteiger partial charge is 0.497 e. The molecule has 0 aliphatic rings. The number of anilines is 1. The minimum atomic E-state index is -4.20. The number of ether oxygens (including phenoxy) is 2. The second-order valence-electron chi connectivity index (χ2n) is 11.2. The molecule has 248 valence electrons. The van der Waals surface area contributed by atoms with Crippen LogP contribution in [0.4, 0.5) is 5.69 Å². The summed E-state index contributed by atoms with van der Waals surface area (Å²) in [4.78, 5) is 29.2. The van der Waals surface area contributed by atoms with E-state index in [-0.39, 0.29) is 23.0 Å². The molecule has 0 aliphatic carbocycles. The first kappa shape index (κ1) is 35.0. The molecule has 4 aromatic carbocycles. The Hall–Kier alpha value is -4.83. The highest BCUT2D eigenvalue weighted by molar-refractivity contribution is 7.92. The van der Waals surface area contributed by atoms with Gasteiger partial charge in [0, 0.05) is 13.1 Å². The number of hydrogen-bond acceptors (Lipinski definition) is 6. The number of unbranched alkanes of at least 4 members (excludes halogenated alkanes) is 1. The number of amides is 2. The number of hydrogen-bond donors (Lipinski definition) is 1. The summed E-state index contributed by atoms with van der Waals surface area (Å²) in [7, 11) is -2.62. The molecule has 2 amide bonds. The molecular formula is C37H43N3O6S. The third-order valence-electron chi connectivity index (χ3n) is 7.72. The van der Waals surface area contributed by atoms with E-state index in [9.17, 15) is 18.0 Å². The Labute approximate surface area is 278 Å². The normalized spacial score (nSPS) is 11.7. The fourth-order valence-corrected chi connectivity index (χ4v) is 6.44. The van der Waals surface area contributed by atoms with E-state index in [0.29, 0.717) is 30.2 Å². The lowest BCUT2D eigenvalue weighted by Crippen LogP contribution is -2.52. The summed E-state index contributed by atoms with van der Waals surface area (Å²) in [6.07, 6.45) is 2.06. The number of nitrogens with one attached hydrogen (secondary N) is 1. The van der Waals surface area contributed by atoms with Gasteiger partial charge in [-0.05, 0) is 86.0 Å². The van der Waals surface area contributed by atoms with Crippen molar-refractivity contribution in [1.29, 1.82) is 0 Å². The lowest BCUT2D eigenvalue weighted by molar-refractivity contribution is -0.140. The Bertz CT molecular complexity index is 1690. The van der Waals surface area contributed by atoms with Crippen molar-refractivity contribution in [3.63, 3.8) is 0 Å². The number of sulfonamides is 1. The van der Waals surface area contributed by atoms with Gasteiger partial charge >= 0.3 is 0 Å². The van der Waals surface area contributed by atoms with Crippen molar-refractivity contribution in [2.45, 2.75) is 57.5 Å². The van der Waals surface area contributed by atoms with E-state index in [0.717, 1.165) is 28.3 Å². The molecule has 1 unspecified atom stereocenters. The smallest absolute Gasteiger partial charge is 0.264 e. The summed E-state index contributed by atoms with van der Waals surface area (Å²) in [5.74, 6) is 1.01. The van der Waals surface area contributed by atoms with Gasteiger partial charge in [0.1, 0.15) is 29.8 Å². The molecule has 4 aromatic rings. The molecule has 0 aliphatic heterocycles. The van der Waals surface area contributed by atoms with E-state index in [2.05, 4.69) is 5.32 Å². The highest BCUT2D eigenvalue weighted by atomic mass is 32.2. The summed E-state index contributed by atoms with van der Waals surface area (Å²) >= 11 is 0. The second-order valence-corrected chi connectivity index (χ2v) is 13.0. The fraction of sp³-hybridized carbons (Fsp3) is 0.297. The summed E-state index contributed by atoms with van der Waals surface area (Å²) < 4.78 is 40.7. The van der Waals surface area contributed by atoms with Gasteiger partial charge in [0.25, 0.3) is 10.0 Å². The standard InChI is InChI=1S/C37H43N3O6S/c1-5-7-25-38-37(42)35(6-2)39(26-29-15-19-31(45-4)20-16-29)36(41)27-40(47(43,44)34-23-13-28(3)14-24-34)30-17-21-33(22-18-30)46-32-11-9-8-10-12-32/h8-24,35H,5-7,25-27H2,1-4H3,(H,38,42). The van der Waals surface area contributed by atoms with Gasteiger partial charge in [-0.15, -0.1) is 0 Å². The summed E-state index contributed by atoms with van der Waals surface area (Å²) in [6.45, 7) is 5.81. The predicted octanol–water partition coefficient (Wildman–Crippen LogP) is 6.71. The highest BCUT2D eigenvalue weighted by Gasteiger charge is 2.33. The van der Waals surface area contributed by atoms with Gasteiger partial charge in [0.2, 0.25) is 11.8 Å². The number of nitrogens with zero attached hydrogens (tertiary/aromatic N) is 2. The molecule has 0 heterocycles. The van der Waals surface area contributed by atoms with Crippen molar-refractivity contribution >= 4 is 27.5 Å². The number of para-hydroxylation sites is 1. The molecule has 10 heteroatoms. The third-order valence-corrected chi connectivity index (χ3v) is 9.51. The summed E-state index contributed by atoms with van der Waals surface area (Å²) in [6, 6.07) is 28.7. The first-order valence-corrected chi connectivity index (χ1v) is 17.2. The number of carbonyl (C=O) groups excluding carboxylic acids is 2. The van der Waals surface area contributed by atoms with Crippen LogP contribution in [0.2, 0.25) is 0 Å². The Morgan fingerprint density at radius 2 is 1.43 bits per heavy atom. The van der Waals surface area contributed by atoms with Crippen LogP contribution in [0.3, 0.4) is 0 Å². The molecule has 0 fully saturated rings. The van der Waals surface area contributed by atoms with E-state index >= 15 is 0 Å². The van der Waals surface area contributed by atoms with E-state index in [1.54, 1.807) is 55.6 Å². The average Bonchev–Trinajstić information content (AvgIpc) is 3.08. The van der Waals surface area contributed by atoms with Crippen LogP contribution in [0.15, 0.2) is 108 Å². The maximum atomic E-state index is 14.3. The van der Waals surface area contributed by atoms with Crippen LogP contribution in [0, 0.1) is 6.92 Å². The molecule has 1 atom stereocenters. The van der Waals surface area contributed by atoms with Gasteiger partial charge in [-0.2, -0.15) is 0 Å². The van der Waals surface area contributed by atoms with Gasteiger partial charge in [-0.3, -0.25) is 13.9 Å². The topological polar surface area (TPSA) is 105 Å². The van der Waals surface area contributed by atoms with E-state index in [1.807, 2.05) is 63.2 Å². The van der Waals surface area contributed by atoms with Crippen LogP contribution >= 0.6 is 0 Å². The van der Waals surface area contributed by atoms with Crippen LogP contribution in [0.25, 0.3) is 0 Å². The van der Waals surface area contributed by atoms with Crippen molar-refractivity contribution in [2.24, 2.45) is 0 Å². The molecular weight excluding hydrogens is 614 g/mol. The van der Waals surface area contributed by atoms with Gasteiger partial charge in [-0.1, -0.05) is 68.3 Å². The Balaban J connectivity index is 1.71. The number of carbonyl (C=O) groups is 2. The predicted molar refractivity (Wildman–Crippen MR) is 184 cm³/mol. The van der Waals surface area contributed by atoms with E-state index in [1.165, 1.54) is 17.0 Å². The van der Waals surface area contributed by atoms with Crippen molar-refractivity contribution < 1.29 is 27.5 Å². The number of benzene rings is 4. The minimum Gasteiger partial charge on any atom is -0.497 e. The third kappa shape index (κ3) is 9.36. The molecule has 0 radical (unpaired) electrons. The summed E-state index contributed by atoms with van der Waals surface area (Å²) in [5.41, 5.74) is 1.96. The number of methoxy groups -OCH3 is 1. The fourth-order valence-electron chi connectivity index (χ4n) is 5.02. The monoisotopic (exact) mass is 657 g/mol. The number of rotatable bonds is 16. The van der Waals surface area contributed by atoms with Crippen molar-refractivity contribution in [3.05, 3.63) is 114 Å². The molecule has 0 saturated heterocycles. The quantitative estimate of drug-likeness (QED) is 0.134. The Morgan fingerprint density at radius 1 is 0.809 bits per heavy atom. The minimum absolute atomic E-state index is 0.0477. The molecule has 0 bridgehead atoms. The maximum absolute atomic E-state index is 14.3. The van der Waals surface area contributed by atoms with Crippen molar-refractivity contribution in [3.8, 4) is 17.2 Å². The van der Waals surface area contributed by atoms with Crippen LogP contribution < -0.4 is 19.1 Å². The Morgan fingerprint density at radius 3 is 2.02 bits per heavy atom. The van der Waals surface area contributed by atoms with Crippen LogP contribution in [0.1, 0.15) is 44.2 Å². The molecule has 1 N–H and O–H groups in total. The lowest BCUT2D eigenvalue weighted by Gasteiger charge is -2.33. The molecule has 9 nitrogen and oxygen atoms in total. The van der Waals surface area contributed by atoms with Gasteiger partial charge in [-0.25, -0.2) is 8.42 Å². The first-order valence-electron chi connectivity index (χ1n) is 15.8. The average molecular weight is 658 g/mol. The molecule has 0 saturated carbocycles. The van der Waals surface area contributed by atoms with Crippen LogP contribution in [-0.2, 0) is 26.2 Å². The number of aryl methyl sites for hydroxylation is 1. The zero-order chi connectivity index (χ0) is 33.8. The van der Waals surface area contributed by atoms with E-state index in [4.69, 9.17) is 9.47 Å². The zero-order valence-corrected chi connectivity index (χ0v) is 28.2. The second kappa shape index (κ2) is 16.6. The van der Waals surface area contributed by atoms with Crippen LogP contribution in [-0.4, -0.2) is 51.4 Å². The SMILES string of the molecule is CCCCNC(=O)C(CC)N(Cc1ccc(OC)cc1)C(=O)CN(c1ccc(Oc2ccccc2)cc1)S(=O)(=O)c1ccc(C)cc1. The van der Waals surface area contributed by atoms with Crippen molar-refractivity contribution in [2.75, 3.05) is 24.5 Å². The van der Waals surface area contributed by atoms with Crippen LogP contribution in [0.5, 0.6) is 17.2 Å². The lowest BCUT2D eigenvalue weighted by atomic mass is 10.1. The molecule has 0 aromatic heterocycles. The van der Waals surface area contributed by atoms with Crippen molar-refractivity contribution in [1.82, 2.24) is 10.2 Å². The van der Waals surface area contributed by atoms with Gasteiger partial charge in [0.05, 0.1) is 17.7 Å². The first-order chi connectivity index (χ1) is 22.7.